The molecule has 0 aromatic heterocycles. The number of fused-ring (bicyclic) bond motifs is 1. The van der Waals surface area contributed by atoms with Crippen molar-refractivity contribution in [2.45, 2.75) is 18.5 Å². The molecule has 144 valence electrons. The lowest BCUT2D eigenvalue weighted by Gasteiger charge is -2.31. The van der Waals surface area contributed by atoms with Crippen LogP contribution >= 0.6 is 11.6 Å². The molecule has 1 saturated heterocycles. The minimum atomic E-state index is -0.520. The number of para-hydroxylation sites is 1. The lowest BCUT2D eigenvalue weighted by molar-refractivity contribution is -0.137. The summed E-state index contributed by atoms with van der Waals surface area (Å²) in [7, 11) is 0. The van der Waals surface area contributed by atoms with Crippen molar-refractivity contribution in [1.82, 2.24) is 15.3 Å². The number of halogens is 2. The van der Waals surface area contributed by atoms with Crippen molar-refractivity contribution in [1.29, 1.82) is 0 Å². The molecule has 2 unspecified atom stereocenters. The molecule has 0 aliphatic carbocycles. The number of carbonyl (C=O) groups excluding carboxylic acids is 2. The van der Waals surface area contributed by atoms with Crippen LogP contribution in [-0.2, 0) is 9.59 Å². The normalized spacial score (nSPS) is 21.0. The lowest BCUT2D eigenvalue weighted by atomic mass is 10.0. The SMILES string of the molecule is O=C(CN1C=CN2NC(c3ccc(Cl)cc3)CC2C1=O)Nc1ccccc1F. The Balaban J connectivity index is 1.40. The summed E-state index contributed by atoms with van der Waals surface area (Å²) in [6, 6.07) is 12.9. The van der Waals surface area contributed by atoms with Crippen molar-refractivity contribution < 1.29 is 14.0 Å². The number of hydrogen-bond acceptors (Lipinski definition) is 4. The fourth-order valence-corrected chi connectivity index (χ4v) is 3.51. The third-order valence-corrected chi connectivity index (χ3v) is 5.06. The molecular weight excluding hydrogens is 383 g/mol. The van der Waals surface area contributed by atoms with Gasteiger partial charge in [0.05, 0.1) is 11.7 Å². The fourth-order valence-electron chi connectivity index (χ4n) is 3.39. The van der Waals surface area contributed by atoms with Crippen LogP contribution in [0.25, 0.3) is 0 Å². The van der Waals surface area contributed by atoms with E-state index in [1.54, 1.807) is 29.5 Å². The van der Waals surface area contributed by atoms with Crippen LogP contribution < -0.4 is 10.7 Å². The van der Waals surface area contributed by atoms with Gasteiger partial charge in [0.15, 0.2) is 0 Å². The Morgan fingerprint density at radius 2 is 1.93 bits per heavy atom. The van der Waals surface area contributed by atoms with Crippen LogP contribution in [0.3, 0.4) is 0 Å². The number of carbonyl (C=O) groups is 2. The summed E-state index contributed by atoms with van der Waals surface area (Å²) in [5.74, 6) is -1.17. The van der Waals surface area contributed by atoms with Crippen LogP contribution in [-0.4, -0.2) is 34.3 Å². The first-order chi connectivity index (χ1) is 13.5. The molecule has 0 saturated carbocycles. The molecule has 2 atom stereocenters. The molecule has 2 aromatic rings. The van der Waals surface area contributed by atoms with Crippen molar-refractivity contribution in [2.24, 2.45) is 0 Å². The topological polar surface area (TPSA) is 64.7 Å². The van der Waals surface area contributed by atoms with Crippen molar-refractivity contribution in [2.75, 3.05) is 11.9 Å². The number of rotatable bonds is 4. The van der Waals surface area contributed by atoms with Gasteiger partial charge in [-0.3, -0.25) is 9.59 Å². The summed E-state index contributed by atoms with van der Waals surface area (Å²) in [5, 5.41) is 4.91. The van der Waals surface area contributed by atoms with Crippen LogP contribution in [0.2, 0.25) is 5.02 Å². The molecule has 28 heavy (non-hydrogen) atoms. The van der Waals surface area contributed by atoms with E-state index in [1.807, 2.05) is 24.3 Å². The first-order valence-electron chi connectivity index (χ1n) is 8.84. The minimum Gasteiger partial charge on any atom is -0.322 e. The van der Waals surface area contributed by atoms with Gasteiger partial charge in [0.2, 0.25) is 5.91 Å². The third kappa shape index (κ3) is 3.72. The molecule has 2 amide bonds. The highest BCUT2D eigenvalue weighted by molar-refractivity contribution is 6.30. The standard InChI is InChI=1S/C20H18ClFN4O2/c21-14-7-5-13(6-8-14)17-11-18-20(28)25(9-10-26(18)24-17)12-19(27)23-16-4-2-1-3-15(16)22/h1-10,17-18,24H,11-12H2,(H,23,27). The summed E-state index contributed by atoms with van der Waals surface area (Å²) < 4.78 is 13.7. The molecule has 8 heteroatoms. The molecule has 2 aromatic carbocycles. The monoisotopic (exact) mass is 400 g/mol. The number of nitrogens with one attached hydrogen (secondary N) is 2. The number of benzene rings is 2. The first-order valence-corrected chi connectivity index (χ1v) is 9.22. The predicted molar refractivity (Wildman–Crippen MR) is 103 cm³/mol. The van der Waals surface area contributed by atoms with E-state index in [-0.39, 0.29) is 24.2 Å². The smallest absolute Gasteiger partial charge is 0.251 e. The van der Waals surface area contributed by atoms with Gasteiger partial charge in [0, 0.05) is 17.4 Å². The average molecular weight is 401 g/mol. The molecule has 2 N–H and O–H groups in total. The second kappa shape index (κ2) is 7.61. The van der Waals surface area contributed by atoms with E-state index in [1.165, 1.54) is 17.0 Å². The zero-order chi connectivity index (χ0) is 19.7. The number of nitrogens with zero attached hydrogens (tertiary/aromatic N) is 2. The van der Waals surface area contributed by atoms with Gasteiger partial charge >= 0.3 is 0 Å². The molecule has 0 radical (unpaired) electrons. The zero-order valence-corrected chi connectivity index (χ0v) is 15.6. The van der Waals surface area contributed by atoms with E-state index in [9.17, 15) is 14.0 Å². The molecule has 2 aliphatic rings. The Morgan fingerprint density at radius 3 is 2.68 bits per heavy atom. The van der Waals surface area contributed by atoms with Crippen LogP contribution in [0.1, 0.15) is 18.0 Å². The number of hydrazine groups is 1. The maximum Gasteiger partial charge on any atom is 0.251 e. The second-order valence-corrected chi connectivity index (χ2v) is 7.12. The zero-order valence-electron chi connectivity index (χ0n) is 14.8. The van der Waals surface area contributed by atoms with Crippen molar-refractivity contribution >= 4 is 29.1 Å². The predicted octanol–water partition coefficient (Wildman–Crippen LogP) is 3.05. The van der Waals surface area contributed by atoms with Gasteiger partial charge in [0.25, 0.3) is 5.91 Å². The minimum absolute atomic E-state index is 0.0249. The first kappa shape index (κ1) is 18.5. The number of hydrogen-bond donors (Lipinski definition) is 2. The molecular formula is C20H18ClFN4O2. The highest BCUT2D eigenvalue weighted by atomic mass is 35.5. The van der Waals surface area contributed by atoms with Crippen molar-refractivity contribution in [3.05, 3.63) is 77.3 Å². The molecule has 4 rings (SSSR count). The summed E-state index contributed by atoms with van der Waals surface area (Å²) in [6.45, 7) is -0.181. The van der Waals surface area contributed by atoms with Gasteiger partial charge in [-0.2, -0.15) is 0 Å². The molecule has 1 fully saturated rings. The maximum absolute atomic E-state index is 13.7. The fraction of sp³-hybridized carbons (Fsp3) is 0.200. The van der Waals surface area contributed by atoms with E-state index < -0.39 is 17.8 Å². The summed E-state index contributed by atoms with van der Waals surface area (Å²) >= 11 is 5.93. The maximum atomic E-state index is 13.7. The van der Waals surface area contributed by atoms with Gasteiger partial charge in [-0.05, 0) is 36.2 Å². The third-order valence-electron chi connectivity index (χ3n) is 4.81. The van der Waals surface area contributed by atoms with Crippen molar-refractivity contribution in [3.63, 3.8) is 0 Å². The van der Waals surface area contributed by atoms with Gasteiger partial charge in [-0.1, -0.05) is 35.9 Å². The van der Waals surface area contributed by atoms with Crippen LogP contribution in [0.4, 0.5) is 10.1 Å². The number of anilines is 1. The van der Waals surface area contributed by atoms with Gasteiger partial charge < -0.3 is 15.2 Å². The Kier molecular flexibility index (Phi) is 5.02. The summed E-state index contributed by atoms with van der Waals surface area (Å²) in [4.78, 5) is 26.4. The largest absolute Gasteiger partial charge is 0.322 e. The highest BCUT2D eigenvalue weighted by Gasteiger charge is 2.40. The second-order valence-electron chi connectivity index (χ2n) is 6.68. The number of amides is 2. The van der Waals surface area contributed by atoms with E-state index >= 15 is 0 Å². The van der Waals surface area contributed by atoms with Crippen molar-refractivity contribution in [3.8, 4) is 0 Å². The molecule has 6 nitrogen and oxygen atoms in total. The molecule has 2 aliphatic heterocycles. The van der Waals surface area contributed by atoms with Crippen LogP contribution in [0.15, 0.2) is 60.9 Å². The van der Waals surface area contributed by atoms with Gasteiger partial charge in [-0.15, -0.1) is 0 Å². The van der Waals surface area contributed by atoms with E-state index in [4.69, 9.17) is 11.6 Å². The van der Waals surface area contributed by atoms with Gasteiger partial charge in [-0.25, -0.2) is 9.82 Å². The molecule has 0 spiro atoms. The van der Waals surface area contributed by atoms with E-state index in [0.717, 1.165) is 5.56 Å². The Labute approximate surface area is 166 Å². The highest BCUT2D eigenvalue weighted by Crippen LogP contribution is 2.31. The van der Waals surface area contributed by atoms with Crippen LogP contribution in [0, 0.1) is 5.82 Å². The summed E-state index contributed by atoms with van der Waals surface area (Å²) in [5.41, 5.74) is 4.41. The van der Waals surface area contributed by atoms with E-state index in [2.05, 4.69) is 10.7 Å². The Hall–Kier alpha value is -2.90. The van der Waals surface area contributed by atoms with E-state index in [0.29, 0.717) is 11.4 Å². The van der Waals surface area contributed by atoms with Crippen LogP contribution in [0.5, 0.6) is 0 Å². The quantitative estimate of drug-likeness (QED) is 0.828. The lowest BCUT2D eigenvalue weighted by Crippen LogP contribution is -2.49. The summed E-state index contributed by atoms with van der Waals surface area (Å²) in [6.07, 6.45) is 3.85. The molecule has 0 bridgehead atoms. The Bertz CT molecular complexity index is 934. The average Bonchev–Trinajstić information content (AvgIpc) is 3.12. The molecule has 2 heterocycles. The Morgan fingerprint density at radius 1 is 1.18 bits per heavy atom. The van der Waals surface area contributed by atoms with Gasteiger partial charge in [0.1, 0.15) is 18.4 Å².